The monoisotopic (exact) mass is 303 g/mol. The van der Waals surface area contributed by atoms with E-state index in [2.05, 4.69) is 5.32 Å². The summed E-state index contributed by atoms with van der Waals surface area (Å²) in [4.78, 5) is 12.0. The van der Waals surface area contributed by atoms with E-state index in [0.717, 1.165) is 29.4 Å². The van der Waals surface area contributed by atoms with E-state index in [9.17, 15) is 4.79 Å². The number of benzene rings is 1. The van der Waals surface area contributed by atoms with Crippen LogP contribution in [-0.4, -0.2) is 19.1 Å². The lowest BCUT2D eigenvalue weighted by Gasteiger charge is -2.21. The second-order valence-corrected chi connectivity index (χ2v) is 6.30. The molecule has 0 atom stereocenters. The number of hydrogen-bond acceptors (Lipinski definition) is 3. The van der Waals surface area contributed by atoms with Crippen LogP contribution in [0, 0.1) is 5.92 Å². The quantitative estimate of drug-likeness (QED) is 0.906. The van der Waals surface area contributed by atoms with Gasteiger partial charge in [0.2, 0.25) is 5.91 Å². The van der Waals surface area contributed by atoms with E-state index < -0.39 is 0 Å². The zero-order valence-corrected chi connectivity index (χ0v) is 13.1. The summed E-state index contributed by atoms with van der Waals surface area (Å²) in [7, 11) is 0. The molecule has 1 saturated carbocycles. The molecule has 120 valence electrons. The molecule has 0 spiro atoms. The van der Waals surface area contributed by atoms with E-state index in [0.29, 0.717) is 26.2 Å². The van der Waals surface area contributed by atoms with Gasteiger partial charge in [-0.2, -0.15) is 0 Å². The maximum absolute atomic E-state index is 12.0. The van der Waals surface area contributed by atoms with Crippen molar-refractivity contribution in [2.45, 2.75) is 51.5 Å². The third-order valence-corrected chi connectivity index (χ3v) is 4.60. The summed E-state index contributed by atoms with van der Waals surface area (Å²) >= 11 is 0. The van der Waals surface area contributed by atoms with Gasteiger partial charge >= 0.3 is 0 Å². The minimum absolute atomic E-state index is 0.153. The number of nitrogens with one attached hydrogen (secondary N) is 1. The van der Waals surface area contributed by atoms with Crippen molar-refractivity contribution in [2.24, 2.45) is 5.92 Å². The normalized spacial score (nSPS) is 18.0. The fraction of sp³-hybridized carbons (Fsp3) is 0.611. The molecule has 1 N–H and O–H groups in total. The highest BCUT2D eigenvalue weighted by molar-refractivity contribution is 5.75. The molecule has 1 aliphatic carbocycles. The van der Waals surface area contributed by atoms with E-state index >= 15 is 0 Å². The first-order chi connectivity index (χ1) is 10.8. The van der Waals surface area contributed by atoms with Gasteiger partial charge in [0.05, 0.1) is 0 Å². The lowest BCUT2D eigenvalue weighted by atomic mass is 9.86. The highest BCUT2D eigenvalue weighted by atomic mass is 16.6. The molecule has 1 aliphatic heterocycles. The summed E-state index contributed by atoms with van der Waals surface area (Å²) in [6.07, 6.45) is 8.33. The molecule has 0 saturated heterocycles. The first kappa shape index (κ1) is 15.2. The molecule has 0 unspecified atom stereocenters. The molecule has 2 aliphatic rings. The molecular weight excluding hydrogens is 278 g/mol. The van der Waals surface area contributed by atoms with Crippen molar-refractivity contribution in [2.75, 3.05) is 13.2 Å². The predicted molar refractivity (Wildman–Crippen MR) is 85.1 cm³/mol. The summed E-state index contributed by atoms with van der Waals surface area (Å²) in [6.45, 7) is 1.74. The zero-order chi connectivity index (χ0) is 15.2. The average Bonchev–Trinajstić information content (AvgIpc) is 2.59. The van der Waals surface area contributed by atoms with Gasteiger partial charge in [0.15, 0.2) is 11.5 Å². The summed E-state index contributed by atoms with van der Waals surface area (Å²) in [5, 5.41) is 3.01. The Morgan fingerprint density at radius 1 is 1.09 bits per heavy atom. The van der Waals surface area contributed by atoms with Crippen LogP contribution in [0.25, 0.3) is 0 Å². The molecule has 1 fully saturated rings. The molecule has 1 aromatic rings. The van der Waals surface area contributed by atoms with Crippen LogP contribution in [-0.2, 0) is 11.3 Å². The number of rotatable bonds is 5. The van der Waals surface area contributed by atoms with Crippen LogP contribution in [0.5, 0.6) is 11.5 Å². The van der Waals surface area contributed by atoms with Gasteiger partial charge in [-0.15, -0.1) is 0 Å². The standard InChI is InChI=1S/C18H25NO3/c20-18(9-7-14-4-2-1-3-5-14)19-13-15-6-8-16-17(12-15)22-11-10-21-16/h6,8,12,14H,1-5,7,9-11,13H2,(H,19,20). The first-order valence-electron chi connectivity index (χ1n) is 8.46. The van der Waals surface area contributed by atoms with E-state index in [1.807, 2.05) is 18.2 Å². The Hall–Kier alpha value is -1.71. The summed E-state index contributed by atoms with van der Waals surface area (Å²) < 4.78 is 11.1. The second kappa shape index (κ2) is 7.52. The van der Waals surface area contributed by atoms with Gasteiger partial charge in [-0.1, -0.05) is 38.2 Å². The fourth-order valence-electron chi connectivity index (χ4n) is 3.30. The minimum Gasteiger partial charge on any atom is -0.486 e. The summed E-state index contributed by atoms with van der Waals surface area (Å²) in [6, 6.07) is 5.85. The highest BCUT2D eigenvalue weighted by Crippen LogP contribution is 2.30. The van der Waals surface area contributed by atoms with Gasteiger partial charge in [-0.25, -0.2) is 0 Å². The molecule has 0 aromatic heterocycles. The molecule has 0 radical (unpaired) electrons. The van der Waals surface area contributed by atoms with Gasteiger partial charge in [-0.3, -0.25) is 4.79 Å². The molecular formula is C18H25NO3. The molecule has 4 heteroatoms. The molecule has 1 amide bonds. The third-order valence-electron chi connectivity index (χ3n) is 4.60. The number of carbonyl (C=O) groups excluding carboxylic acids is 1. The van der Waals surface area contributed by atoms with Gasteiger partial charge < -0.3 is 14.8 Å². The van der Waals surface area contributed by atoms with E-state index in [-0.39, 0.29) is 5.91 Å². The number of amides is 1. The largest absolute Gasteiger partial charge is 0.486 e. The highest BCUT2D eigenvalue weighted by Gasteiger charge is 2.15. The number of carbonyl (C=O) groups is 1. The Morgan fingerprint density at radius 2 is 1.86 bits per heavy atom. The molecule has 1 aromatic carbocycles. The molecule has 0 bridgehead atoms. The number of hydrogen-bond donors (Lipinski definition) is 1. The van der Waals surface area contributed by atoms with E-state index in [1.165, 1.54) is 32.1 Å². The topological polar surface area (TPSA) is 47.6 Å². The van der Waals surface area contributed by atoms with Crippen molar-refractivity contribution in [1.82, 2.24) is 5.32 Å². The van der Waals surface area contributed by atoms with Crippen molar-refractivity contribution in [3.05, 3.63) is 23.8 Å². The van der Waals surface area contributed by atoms with Gasteiger partial charge in [0.25, 0.3) is 0 Å². The summed E-state index contributed by atoms with van der Waals surface area (Å²) in [5.74, 6) is 2.48. The maximum Gasteiger partial charge on any atom is 0.220 e. The van der Waals surface area contributed by atoms with Gasteiger partial charge in [0.1, 0.15) is 13.2 Å². The zero-order valence-electron chi connectivity index (χ0n) is 13.1. The van der Waals surface area contributed by atoms with Crippen molar-refractivity contribution in [3.8, 4) is 11.5 Å². The molecule has 3 rings (SSSR count). The summed E-state index contributed by atoms with van der Waals surface area (Å²) in [5.41, 5.74) is 1.05. The van der Waals surface area contributed by atoms with Crippen molar-refractivity contribution >= 4 is 5.91 Å². The van der Waals surface area contributed by atoms with Gasteiger partial charge in [0, 0.05) is 13.0 Å². The lowest BCUT2D eigenvalue weighted by Crippen LogP contribution is -2.23. The van der Waals surface area contributed by atoms with Crippen LogP contribution in [0.3, 0.4) is 0 Å². The Bertz CT molecular complexity index is 509. The van der Waals surface area contributed by atoms with Crippen LogP contribution in [0.4, 0.5) is 0 Å². The number of fused-ring (bicyclic) bond motifs is 1. The minimum atomic E-state index is 0.153. The van der Waals surface area contributed by atoms with Crippen LogP contribution in [0.2, 0.25) is 0 Å². The van der Waals surface area contributed by atoms with Crippen molar-refractivity contribution < 1.29 is 14.3 Å². The Kier molecular flexibility index (Phi) is 5.20. The Balaban J connectivity index is 1.42. The average molecular weight is 303 g/mol. The van der Waals surface area contributed by atoms with E-state index in [4.69, 9.17) is 9.47 Å². The molecule has 4 nitrogen and oxygen atoms in total. The van der Waals surface area contributed by atoms with Gasteiger partial charge in [-0.05, 0) is 30.0 Å². The van der Waals surface area contributed by atoms with Crippen molar-refractivity contribution in [3.63, 3.8) is 0 Å². The van der Waals surface area contributed by atoms with E-state index in [1.54, 1.807) is 0 Å². The SMILES string of the molecule is O=C(CCC1CCCCC1)NCc1ccc2c(c1)OCCO2. The Labute approximate surface area is 132 Å². The van der Waals surface area contributed by atoms with Crippen LogP contribution >= 0.6 is 0 Å². The fourth-order valence-corrected chi connectivity index (χ4v) is 3.30. The molecule has 1 heterocycles. The lowest BCUT2D eigenvalue weighted by molar-refractivity contribution is -0.121. The van der Waals surface area contributed by atoms with Crippen LogP contribution < -0.4 is 14.8 Å². The van der Waals surface area contributed by atoms with Crippen molar-refractivity contribution in [1.29, 1.82) is 0 Å². The first-order valence-corrected chi connectivity index (χ1v) is 8.46. The third kappa shape index (κ3) is 4.15. The number of ether oxygens (including phenoxy) is 2. The Morgan fingerprint density at radius 3 is 2.68 bits per heavy atom. The smallest absolute Gasteiger partial charge is 0.220 e. The van der Waals surface area contributed by atoms with Crippen LogP contribution in [0.15, 0.2) is 18.2 Å². The van der Waals surface area contributed by atoms with Crippen LogP contribution in [0.1, 0.15) is 50.5 Å². The second-order valence-electron chi connectivity index (χ2n) is 6.30. The predicted octanol–water partition coefficient (Wildman–Crippen LogP) is 3.43. The molecule has 22 heavy (non-hydrogen) atoms. The maximum atomic E-state index is 12.0.